The van der Waals surface area contributed by atoms with E-state index in [4.69, 9.17) is 15.2 Å². The van der Waals surface area contributed by atoms with E-state index in [1.165, 1.54) is 24.3 Å². The number of primary amides is 1. The highest BCUT2D eigenvalue weighted by atomic mass is 19.4. The molecular weight excluding hydrogens is 339 g/mol. The Kier molecular flexibility index (Phi) is 5.63. The Hall–Kier alpha value is -3.03. The zero-order valence-corrected chi connectivity index (χ0v) is 12.9. The maximum Gasteiger partial charge on any atom is 0.416 e. The van der Waals surface area contributed by atoms with E-state index in [2.05, 4.69) is 0 Å². The van der Waals surface area contributed by atoms with Crippen LogP contribution >= 0.6 is 0 Å². The van der Waals surface area contributed by atoms with Gasteiger partial charge in [0.2, 0.25) is 5.91 Å². The molecular formula is C17H14F3NO4. The largest absolute Gasteiger partial charge is 0.482 e. The molecule has 0 radical (unpaired) electrons. The van der Waals surface area contributed by atoms with Crippen molar-refractivity contribution in [2.45, 2.75) is 12.8 Å². The van der Waals surface area contributed by atoms with Crippen molar-refractivity contribution in [2.24, 2.45) is 5.73 Å². The van der Waals surface area contributed by atoms with Gasteiger partial charge in [-0.05, 0) is 35.9 Å². The molecule has 0 bridgehead atoms. The van der Waals surface area contributed by atoms with E-state index in [9.17, 15) is 22.8 Å². The minimum atomic E-state index is -4.49. The summed E-state index contributed by atoms with van der Waals surface area (Å²) in [5, 5.41) is 0. The molecule has 2 rings (SSSR count). The Labute approximate surface area is 141 Å². The molecule has 25 heavy (non-hydrogen) atoms. The van der Waals surface area contributed by atoms with Crippen LogP contribution in [-0.4, -0.2) is 18.5 Å². The number of halogens is 3. The maximum atomic E-state index is 12.6. The normalized spacial score (nSPS) is 11.0. The SMILES string of the molecule is NC(=O)c1ccc(COC(=O)COc2cccc(C(F)(F)F)c2)cc1. The van der Waals surface area contributed by atoms with E-state index in [1.54, 1.807) is 12.1 Å². The molecule has 1 amide bonds. The number of alkyl halides is 3. The summed E-state index contributed by atoms with van der Waals surface area (Å²) in [5.74, 6) is -1.40. The molecule has 0 spiro atoms. The Morgan fingerprint density at radius 3 is 2.32 bits per heavy atom. The lowest BCUT2D eigenvalue weighted by atomic mass is 10.1. The summed E-state index contributed by atoms with van der Waals surface area (Å²) in [4.78, 5) is 22.5. The van der Waals surface area contributed by atoms with Crippen LogP contribution in [0.15, 0.2) is 48.5 Å². The molecule has 0 aliphatic heterocycles. The first-order chi connectivity index (χ1) is 11.8. The lowest BCUT2D eigenvalue weighted by Crippen LogP contribution is -2.15. The van der Waals surface area contributed by atoms with Crippen LogP contribution in [0.3, 0.4) is 0 Å². The number of nitrogens with two attached hydrogens (primary N) is 1. The van der Waals surface area contributed by atoms with E-state index < -0.39 is 30.2 Å². The van der Waals surface area contributed by atoms with E-state index in [0.717, 1.165) is 12.1 Å². The van der Waals surface area contributed by atoms with Crippen molar-refractivity contribution >= 4 is 11.9 Å². The zero-order chi connectivity index (χ0) is 18.4. The summed E-state index contributed by atoms with van der Waals surface area (Å²) < 4.78 is 47.7. The van der Waals surface area contributed by atoms with Crippen molar-refractivity contribution < 1.29 is 32.2 Å². The van der Waals surface area contributed by atoms with E-state index >= 15 is 0 Å². The Bertz CT molecular complexity index is 757. The predicted molar refractivity (Wildman–Crippen MR) is 81.7 cm³/mol. The minimum Gasteiger partial charge on any atom is -0.482 e. The highest BCUT2D eigenvalue weighted by Gasteiger charge is 2.30. The third-order valence-corrected chi connectivity index (χ3v) is 3.16. The first kappa shape index (κ1) is 18.3. The van der Waals surface area contributed by atoms with Gasteiger partial charge in [-0.1, -0.05) is 18.2 Å². The predicted octanol–water partition coefficient (Wildman–Crippen LogP) is 2.93. The van der Waals surface area contributed by atoms with Crippen LogP contribution in [0.2, 0.25) is 0 Å². The quantitative estimate of drug-likeness (QED) is 0.810. The van der Waals surface area contributed by atoms with Gasteiger partial charge in [0.25, 0.3) is 0 Å². The van der Waals surface area contributed by atoms with Gasteiger partial charge in [-0.15, -0.1) is 0 Å². The van der Waals surface area contributed by atoms with Gasteiger partial charge in [0.1, 0.15) is 12.4 Å². The van der Waals surface area contributed by atoms with E-state index in [0.29, 0.717) is 11.1 Å². The molecule has 0 unspecified atom stereocenters. The number of amides is 1. The number of carbonyl (C=O) groups excluding carboxylic acids is 2. The van der Waals surface area contributed by atoms with Crippen LogP contribution in [0, 0.1) is 0 Å². The van der Waals surface area contributed by atoms with E-state index in [-0.39, 0.29) is 12.4 Å². The third-order valence-electron chi connectivity index (χ3n) is 3.16. The third kappa shape index (κ3) is 5.52. The first-order valence-corrected chi connectivity index (χ1v) is 7.10. The molecule has 0 aromatic heterocycles. The molecule has 0 atom stereocenters. The van der Waals surface area contributed by atoms with Crippen molar-refractivity contribution in [3.8, 4) is 5.75 Å². The lowest BCUT2D eigenvalue weighted by molar-refractivity contribution is -0.147. The highest BCUT2D eigenvalue weighted by Crippen LogP contribution is 2.31. The van der Waals surface area contributed by atoms with Gasteiger partial charge in [-0.25, -0.2) is 4.79 Å². The highest BCUT2D eigenvalue weighted by molar-refractivity contribution is 5.92. The molecule has 2 aromatic carbocycles. The molecule has 0 fully saturated rings. The molecule has 0 heterocycles. The standard InChI is InChI=1S/C17H14F3NO4/c18-17(19,20)13-2-1-3-14(8-13)24-10-15(22)25-9-11-4-6-12(7-5-11)16(21)23/h1-8H,9-10H2,(H2,21,23). The van der Waals surface area contributed by atoms with Crippen molar-refractivity contribution in [3.05, 3.63) is 65.2 Å². The van der Waals surface area contributed by atoms with Crippen molar-refractivity contribution in [1.82, 2.24) is 0 Å². The van der Waals surface area contributed by atoms with Crippen molar-refractivity contribution in [3.63, 3.8) is 0 Å². The van der Waals surface area contributed by atoms with Crippen LogP contribution in [-0.2, 0) is 22.3 Å². The van der Waals surface area contributed by atoms with Crippen molar-refractivity contribution in [1.29, 1.82) is 0 Å². The monoisotopic (exact) mass is 353 g/mol. The first-order valence-electron chi connectivity index (χ1n) is 7.10. The number of hydrogen-bond acceptors (Lipinski definition) is 4. The smallest absolute Gasteiger partial charge is 0.416 e. The number of carbonyl (C=O) groups is 2. The number of rotatable bonds is 6. The molecule has 0 saturated heterocycles. The average molecular weight is 353 g/mol. The number of benzene rings is 2. The fraction of sp³-hybridized carbons (Fsp3) is 0.176. The summed E-state index contributed by atoms with van der Waals surface area (Å²) >= 11 is 0. The Balaban J connectivity index is 1.84. The van der Waals surface area contributed by atoms with Crippen LogP contribution in [0.4, 0.5) is 13.2 Å². The second-order valence-electron chi connectivity index (χ2n) is 5.04. The molecule has 0 aliphatic carbocycles. The van der Waals surface area contributed by atoms with Crippen molar-refractivity contribution in [2.75, 3.05) is 6.61 Å². The zero-order valence-electron chi connectivity index (χ0n) is 12.9. The van der Waals surface area contributed by atoms with Crippen LogP contribution in [0.5, 0.6) is 5.75 Å². The Morgan fingerprint density at radius 2 is 1.72 bits per heavy atom. The van der Waals surface area contributed by atoms with Gasteiger partial charge in [0.05, 0.1) is 5.56 Å². The number of hydrogen-bond donors (Lipinski definition) is 1. The topological polar surface area (TPSA) is 78.6 Å². The van der Waals surface area contributed by atoms with Crippen LogP contribution < -0.4 is 10.5 Å². The van der Waals surface area contributed by atoms with Gasteiger partial charge in [0, 0.05) is 5.56 Å². The molecule has 0 aliphatic rings. The molecule has 8 heteroatoms. The molecule has 2 N–H and O–H groups in total. The van der Waals surface area contributed by atoms with Gasteiger partial charge in [-0.3, -0.25) is 4.79 Å². The Morgan fingerprint density at radius 1 is 1.04 bits per heavy atom. The number of esters is 1. The van der Waals surface area contributed by atoms with E-state index in [1.807, 2.05) is 0 Å². The molecule has 0 saturated carbocycles. The molecule has 132 valence electrons. The molecule has 5 nitrogen and oxygen atoms in total. The summed E-state index contributed by atoms with van der Waals surface area (Å²) in [6, 6.07) is 10.3. The fourth-order valence-corrected chi connectivity index (χ4v) is 1.88. The van der Waals surface area contributed by atoms with Gasteiger partial charge in [0.15, 0.2) is 6.61 Å². The molecule has 2 aromatic rings. The average Bonchev–Trinajstić information content (AvgIpc) is 2.58. The summed E-state index contributed by atoms with van der Waals surface area (Å²) in [5.41, 5.74) is 5.18. The summed E-state index contributed by atoms with van der Waals surface area (Å²) in [6.07, 6.45) is -4.49. The van der Waals surface area contributed by atoms with Gasteiger partial charge < -0.3 is 15.2 Å². The maximum absolute atomic E-state index is 12.6. The minimum absolute atomic E-state index is 0.0656. The number of ether oxygens (including phenoxy) is 2. The van der Waals surface area contributed by atoms with Crippen LogP contribution in [0.25, 0.3) is 0 Å². The van der Waals surface area contributed by atoms with Crippen LogP contribution in [0.1, 0.15) is 21.5 Å². The second-order valence-corrected chi connectivity index (χ2v) is 5.04. The fourth-order valence-electron chi connectivity index (χ4n) is 1.88. The summed E-state index contributed by atoms with van der Waals surface area (Å²) in [7, 11) is 0. The summed E-state index contributed by atoms with van der Waals surface area (Å²) in [6.45, 7) is -0.593. The van der Waals surface area contributed by atoms with Gasteiger partial charge >= 0.3 is 12.1 Å². The second kappa shape index (κ2) is 7.69. The van der Waals surface area contributed by atoms with Gasteiger partial charge in [-0.2, -0.15) is 13.2 Å². The lowest BCUT2D eigenvalue weighted by Gasteiger charge is -2.10.